The lowest BCUT2D eigenvalue weighted by Gasteiger charge is -2.10. The highest BCUT2D eigenvalue weighted by atomic mass is 35.5. The van der Waals surface area contributed by atoms with Crippen molar-refractivity contribution < 1.29 is 4.39 Å². The molecule has 0 saturated heterocycles. The minimum atomic E-state index is -0.257. The Labute approximate surface area is 212 Å². The summed E-state index contributed by atoms with van der Waals surface area (Å²) in [4.78, 5) is 0. The molecule has 0 spiro atoms. The van der Waals surface area contributed by atoms with Gasteiger partial charge in [0, 0.05) is 17.3 Å². The molecule has 0 aliphatic carbocycles. The van der Waals surface area contributed by atoms with Gasteiger partial charge < -0.3 is 10.6 Å². The summed E-state index contributed by atoms with van der Waals surface area (Å²) in [6, 6.07) is 14.1. The average molecular weight is 517 g/mol. The monoisotopic (exact) mass is 516 g/mol. The van der Waals surface area contributed by atoms with E-state index in [9.17, 15) is 4.39 Å². The summed E-state index contributed by atoms with van der Waals surface area (Å²) in [6.07, 6.45) is 0. The molecule has 0 atom stereocenters. The van der Waals surface area contributed by atoms with Crippen molar-refractivity contribution in [2.75, 3.05) is 10.6 Å². The second kappa shape index (κ2) is 10.1. The van der Waals surface area contributed by atoms with Crippen molar-refractivity contribution in [3.63, 3.8) is 0 Å². The van der Waals surface area contributed by atoms with Crippen molar-refractivity contribution in [2.45, 2.75) is 33.9 Å². The number of benzene rings is 2. The Morgan fingerprint density at radius 1 is 0.941 bits per heavy atom. The zero-order chi connectivity index (χ0) is 24.4. The SMILES string of the molecule is Cc1nn(Cc2ccc(Cl)c(Cl)c2)c(C)c1NC(=S)Nc1cc(C)n(Cc2ccccc2F)n1. The highest BCUT2D eigenvalue weighted by molar-refractivity contribution is 7.80. The van der Waals surface area contributed by atoms with Gasteiger partial charge in [-0.25, -0.2) is 4.39 Å². The fourth-order valence-corrected chi connectivity index (χ4v) is 4.15. The van der Waals surface area contributed by atoms with Crippen LogP contribution in [0, 0.1) is 26.6 Å². The highest BCUT2D eigenvalue weighted by Crippen LogP contribution is 2.25. The molecule has 4 rings (SSSR count). The van der Waals surface area contributed by atoms with Gasteiger partial charge >= 0.3 is 0 Å². The molecule has 0 radical (unpaired) electrons. The van der Waals surface area contributed by atoms with Gasteiger partial charge in [0.2, 0.25) is 0 Å². The fraction of sp³-hybridized carbons (Fsp3) is 0.208. The van der Waals surface area contributed by atoms with Gasteiger partial charge in [0.25, 0.3) is 0 Å². The molecule has 176 valence electrons. The van der Waals surface area contributed by atoms with E-state index in [1.807, 2.05) is 49.7 Å². The van der Waals surface area contributed by atoms with E-state index < -0.39 is 0 Å². The number of thiocarbonyl (C=S) groups is 1. The lowest BCUT2D eigenvalue weighted by atomic mass is 10.2. The molecule has 2 aromatic carbocycles. The van der Waals surface area contributed by atoms with Gasteiger partial charge in [-0.05, 0) is 56.8 Å². The number of anilines is 2. The molecule has 2 heterocycles. The normalized spacial score (nSPS) is 11.0. The van der Waals surface area contributed by atoms with Crippen LogP contribution in [-0.2, 0) is 13.1 Å². The number of nitrogens with one attached hydrogen (secondary N) is 2. The molecule has 0 bridgehead atoms. The Morgan fingerprint density at radius 2 is 1.71 bits per heavy atom. The first kappa shape index (κ1) is 24.2. The van der Waals surface area contributed by atoms with Crippen LogP contribution in [0.1, 0.15) is 28.2 Å². The average Bonchev–Trinajstić information content (AvgIpc) is 3.25. The van der Waals surface area contributed by atoms with Crippen LogP contribution in [0.15, 0.2) is 48.5 Å². The summed E-state index contributed by atoms with van der Waals surface area (Å²) in [5.41, 5.74) is 5.00. The maximum absolute atomic E-state index is 14.0. The third kappa shape index (κ3) is 5.41. The van der Waals surface area contributed by atoms with Crippen LogP contribution >= 0.6 is 35.4 Å². The quantitative estimate of drug-likeness (QED) is 0.292. The maximum Gasteiger partial charge on any atom is 0.176 e. The molecule has 10 heteroatoms. The van der Waals surface area contributed by atoms with Crippen molar-refractivity contribution >= 4 is 52.0 Å². The molecule has 2 aromatic heterocycles. The molecular formula is C24H23Cl2FN6S. The second-order valence-corrected chi connectivity index (χ2v) is 9.17. The smallest absolute Gasteiger partial charge is 0.176 e. The molecule has 0 aliphatic rings. The molecule has 6 nitrogen and oxygen atoms in total. The Hall–Kier alpha value is -2.94. The minimum absolute atomic E-state index is 0.257. The van der Waals surface area contributed by atoms with Crippen LogP contribution in [0.25, 0.3) is 0 Å². The van der Waals surface area contributed by atoms with Crippen molar-refractivity contribution in [3.8, 4) is 0 Å². The molecule has 0 unspecified atom stereocenters. The Balaban J connectivity index is 1.44. The number of hydrogen-bond donors (Lipinski definition) is 2. The van der Waals surface area contributed by atoms with E-state index in [-0.39, 0.29) is 5.82 Å². The molecule has 2 N–H and O–H groups in total. The van der Waals surface area contributed by atoms with Gasteiger partial charge in [-0.2, -0.15) is 10.2 Å². The van der Waals surface area contributed by atoms with Crippen LogP contribution in [0.4, 0.5) is 15.9 Å². The van der Waals surface area contributed by atoms with Gasteiger partial charge in [-0.3, -0.25) is 9.36 Å². The first-order valence-corrected chi connectivity index (χ1v) is 11.7. The van der Waals surface area contributed by atoms with Crippen LogP contribution in [-0.4, -0.2) is 24.7 Å². The topological polar surface area (TPSA) is 59.7 Å². The lowest BCUT2D eigenvalue weighted by molar-refractivity contribution is 0.581. The summed E-state index contributed by atoms with van der Waals surface area (Å²) in [6.45, 7) is 6.67. The molecular weight excluding hydrogens is 494 g/mol. The predicted molar refractivity (Wildman–Crippen MR) is 140 cm³/mol. The summed E-state index contributed by atoms with van der Waals surface area (Å²) >= 11 is 17.7. The minimum Gasteiger partial charge on any atom is -0.329 e. The van der Waals surface area contributed by atoms with E-state index >= 15 is 0 Å². The zero-order valence-electron chi connectivity index (χ0n) is 18.9. The number of nitrogens with zero attached hydrogens (tertiary/aromatic N) is 4. The van der Waals surface area contributed by atoms with Crippen molar-refractivity contribution in [2.24, 2.45) is 0 Å². The van der Waals surface area contributed by atoms with Crippen LogP contribution in [0.5, 0.6) is 0 Å². The highest BCUT2D eigenvalue weighted by Gasteiger charge is 2.15. The standard InChI is InChI=1S/C24H23Cl2FN6S/c1-14-10-22(31-32(14)13-18-6-4-5-7-21(18)27)28-24(34)29-23-15(2)30-33(16(23)3)12-17-8-9-19(25)20(26)11-17/h4-11H,12-13H2,1-3H3,(H2,28,29,31,34). The largest absolute Gasteiger partial charge is 0.329 e. The van der Waals surface area contributed by atoms with E-state index in [0.29, 0.717) is 39.6 Å². The van der Waals surface area contributed by atoms with Crippen molar-refractivity contribution in [1.29, 1.82) is 0 Å². The van der Waals surface area contributed by atoms with Gasteiger partial charge in [-0.1, -0.05) is 47.5 Å². The Morgan fingerprint density at radius 3 is 2.44 bits per heavy atom. The predicted octanol–water partition coefficient (Wildman–Crippen LogP) is 6.36. The summed E-state index contributed by atoms with van der Waals surface area (Å²) in [5, 5.41) is 16.9. The number of hydrogen-bond acceptors (Lipinski definition) is 3. The summed E-state index contributed by atoms with van der Waals surface area (Å²) < 4.78 is 17.6. The van der Waals surface area contributed by atoms with Gasteiger partial charge in [-0.15, -0.1) is 0 Å². The van der Waals surface area contributed by atoms with Crippen molar-refractivity contribution in [1.82, 2.24) is 19.6 Å². The molecule has 4 aromatic rings. The van der Waals surface area contributed by atoms with E-state index in [4.69, 9.17) is 35.4 Å². The third-order valence-corrected chi connectivity index (χ3v) is 6.38. The van der Waals surface area contributed by atoms with Crippen LogP contribution in [0.3, 0.4) is 0 Å². The summed E-state index contributed by atoms with van der Waals surface area (Å²) in [5.74, 6) is 0.317. The van der Waals surface area contributed by atoms with Crippen LogP contribution in [0.2, 0.25) is 10.0 Å². The molecule has 34 heavy (non-hydrogen) atoms. The first-order chi connectivity index (χ1) is 16.2. The zero-order valence-corrected chi connectivity index (χ0v) is 21.2. The van der Waals surface area contributed by atoms with E-state index in [1.165, 1.54) is 6.07 Å². The van der Waals surface area contributed by atoms with Crippen molar-refractivity contribution in [3.05, 3.63) is 92.6 Å². The van der Waals surface area contributed by atoms with Gasteiger partial charge in [0.15, 0.2) is 10.9 Å². The number of rotatable bonds is 6. The summed E-state index contributed by atoms with van der Waals surface area (Å²) in [7, 11) is 0. The molecule has 0 aliphatic heterocycles. The van der Waals surface area contributed by atoms with Gasteiger partial charge in [0.1, 0.15) is 5.82 Å². The number of aryl methyl sites for hydroxylation is 2. The molecule has 0 fully saturated rings. The van der Waals surface area contributed by atoms with Crippen LogP contribution < -0.4 is 10.6 Å². The first-order valence-electron chi connectivity index (χ1n) is 10.5. The van der Waals surface area contributed by atoms with E-state index in [1.54, 1.807) is 22.9 Å². The number of halogens is 3. The molecule has 0 saturated carbocycles. The third-order valence-electron chi connectivity index (χ3n) is 5.44. The van der Waals surface area contributed by atoms with E-state index in [2.05, 4.69) is 20.8 Å². The van der Waals surface area contributed by atoms with E-state index in [0.717, 1.165) is 28.3 Å². The second-order valence-electron chi connectivity index (χ2n) is 7.95. The Bertz CT molecular complexity index is 1360. The lowest BCUT2D eigenvalue weighted by Crippen LogP contribution is -2.20. The van der Waals surface area contributed by atoms with Gasteiger partial charge in [0.05, 0.1) is 40.2 Å². The fourth-order valence-electron chi connectivity index (χ4n) is 3.62. The molecule has 0 amide bonds. The number of aromatic nitrogens is 4. The maximum atomic E-state index is 14.0. The Kier molecular flexibility index (Phi) is 7.21.